The van der Waals surface area contributed by atoms with E-state index in [-0.39, 0.29) is 5.91 Å². The summed E-state index contributed by atoms with van der Waals surface area (Å²) in [7, 11) is 3.53. The lowest BCUT2D eigenvalue weighted by Crippen LogP contribution is -2.33. The first-order valence-corrected chi connectivity index (χ1v) is 4.52. The molecule has 1 heterocycles. The number of nitrogens with zero attached hydrogens (tertiary/aromatic N) is 2. The Bertz CT molecular complexity index is 287. The largest absolute Gasteiger partial charge is 0.339 e. The zero-order chi connectivity index (χ0) is 10.4. The minimum atomic E-state index is 0.0677. The first kappa shape index (κ1) is 10.7. The van der Waals surface area contributed by atoms with E-state index in [1.165, 1.54) is 0 Å². The monoisotopic (exact) mass is 193 g/mol. The zero-order valence-electron chi connectivity index (χ0n) is 8.53. The van der Waals surface area contributed by atoms with Crippen molar-refractivity contribution in [1.82, 2.24) is 15.2 Å². The fourth-order valence-electron chi connectivity index (χ4n) is 1.11. The predicted octanol–water partition coefficient (Wildman–Crippen LogP) is 0.259. The average molecular weight is 193 g/mol. The van der Waals surface area contributed by atoms with Crippen molar-refractivity contribution in [1.29, 1.82) is 0 Å². The van der Waals surface area contributed by atoms with Crippen LogP contribution in [0.4, 0.5) is 0 Å². The molecule has 4 heteroatoms. The van der Waals surface area contributed by atoms with Gasteiger partial charge in [-0.1, -0.05) is 6.07 Å². The number of carbonyl (C=O) groups is 1. The molecule has 76 valence electrons. The Kier molecular flexibility index (Phi) is 4.07. The quantitative estimate of drug-likeness (QED) is 0.746. The van der Waals surface area contributed by atoms with Gasteiger partial charge in [0.25, 0.3) is 0 Å². The average Bonchev–Trinajstić information content (AvgIpc) is 2.19. The summed E-state index contributed by atoms with van der Waals surface area (Å²) in [5.74, 6) is 0.0677. The second-order valence-electron chi connectivity index (χ2n) is 3.10. The summed E-state index contributed by atoms with van der Waals surface area (Å²) >= 11 is 0. The Morgan fingerprint density at radius 2 is 2.36 bits per heavy atom. The van der Waals surface area contributed by atoms with Crippen molar-refractivity contribution < 1.29 is 4.79 Å². The lowest BCUT2D eigenvalue weighted by atomic mass is 10.3. The van der Waals surface area contributed by atoms with Crippen LogP contribution in [0.15, 0.2) is 24.4 Å². The van der Waals surface area contributed by atoms with Crippen molar-refractivity contribution in [2.75, 3.05) is 20.6 Å². The normalized spacial score (nSPS) is 9.86. The van der Waals surface area contributed by atoms with Gasteiger partial charge in [-0.15, -0.1) is 0 Å². The Hall–Kier alpha value is -1.42. The van der Waals surface area contributed by atoms with E-state index < -0.39 is 0 Å². The number of likely N-dealkylation sites (N-methyl/N-ethyl adjacent to an activating group) is 2. The van der Waals surface area contributed by atoms with E-state index in [0.717, 1.165) is 5.69 Å². The molecule has 0 saturated heterocycles. The fourth-order valence-corrected chi connectivity index (χ4v) is 1.11. The molecule has 1 aromatic heterocycles. The summed E-state index contributed by atoms with van der Waals surface area (Å²) in [6.45, 7) is 0.921. The topological polar surface area (TPSA) is 45.2 Å². The van der Waals surface area contributed by atoms with E-state index >= 15 is 0 Å². The molecule has 0 aliphatic rings. The minimum absolute atomic E-state index is 0.0677. The van der Waals surface area contributed by atoms with Gasteiger partial charge in [0.05, 0.1) is 18.8 Å². The molecule has 0 saturated carbocycles. The molecule has 1 N–H and O–H groups in total. The van der Waals surface area contributed by atoms with Gasteiger partial charge < -0.3 is 10.2 Å². The highest BCUT2D eigenvalue weighted by Gasteiger charge is 2.07. The second kappa shape index (κ2) is 5.34. The molecular formula is C10H15N3O. The van der Waals surface area contributed by atoms with Crippen molar-refractivity contribution in [2.45, 2.75) is 6.54 Å². The molecule has 0 atom stereocenters. The molecule has 0 radical (unpaired) electrons. The molecule has 1 rings (SSSR count). The van der Waals surface area contributed by atoms with Gasteiger partial charge in [-0.3, -0.25) is 9.78 Å². The van der Waals surface area contributed by atoms with Crippen LogP contribution in [0.5, 0.6) is 0 Å². The highest BCUT2D eigenvalue weighted by atomic mass is 16.2. The molecule has 4 nitrogen and oxygen atoms in total. The predicted molar refractivity (Wildman–Crippen MR) is 54.6 cm³/mol. The van der Waals surface area contributed by atoms with Gasteiger partial charge in [-0.05, 0) is 19.2 Å². The van der Waals surface area contributed by atoms with E-state index in [1.54, 1.807) is 25.2 Å². The van der Waals surface area contributed by atoms with Gasteiger partial charge in [-0.2, -0.15) is 0 Å². The number of amides is 1. The molecular weight excluding hydrogens is 178 g/mol. The molecule has 0 bridgehead atoms. The van der Waals surface area contributed by atoms with E-state index in [0.29, 0.717) is 13.1 Å². The van der Waals surface area contributed by atoms with Crippen molar-refractivity contribution in [3.8, 4) is 0 Å². The Morgan fingerprint density at radius 3 is 2.93 bits per heavy atom. The molecule has 0 aliphatic heterocycles. The van der Waals surface area contributed by atoms with Gasteiger partial charge in [0, 0.05) is 13.2 Å². The number of pyridine rings is 1. The van der Waals surface area contributed by atoms with Crippen molar-refractivity contribution in [2.24, 2.45) is 0 Å². The summed E-state index contributed by atoms with van der Waals surface area (Å²) in [5, 5.41) is 2.82. The van der Waals surface area contributed by atoms with Crippen LogP contribution in [0, 0.1) is 0 Å². The highest BCUT2D eigenvalue weighted by Crippen LogP contribution is 1.98. The summed E-state index contributed by atoms with van der Waals surface area (Å²) < 4.78 is 0. The van der Waals surface area contributed by atoms with Crippen LogP contribution in [0.2, 0.25) is 0 Å². The van der Waals surface area contributed by atoms with Gasteiger partial charge >= 0.3 is 0 Å². The molecule has 14 heavy (non-hydrogen) atoms. The molecule has 0 unspecified atom stereocenters. The molecule has 0 spiro atoms. The summed E-state index contributed by atoms with van der Waals surface area (Å²) in [6.07, 6.45) is 1.73. The third-order valence-corrected chi connectivity index (χ3v) is 1.88. The maximum atomic E-state index is 11.4. The van der Waals surface area contributed by atoms with Crippen LogP contribution in [0.25, 0.3) is 0 Å². The van der Waals surface area contributed by atoms with Gasteiger partial charge in [0.1, 0.15) is 0 Å². The van der Waals surface area contributed by atoms with Crippen molar-refractivity contribution in [3.63, 3.8) is 0 Å². The first-order valence-electron chi connectivity index (χ1n) is 4.52. The number of hydrogen-bond acceptors (Lipinski definition) is 3. The SMILES string of the molecule is CNCC(=O)N(C)Cc1ccccn1. The number of nitrogens with one attached hydrogen (secondary N) is 1. The van der Waals surface area contributed by atoms with Gasteiger partial charge in [0.15, 0.2) is 0 Å². The van der Waals surface area contributed by atoms with Crippen LogP contribution < -0.4 is 5.32 Å². The van der Waals surface area contributed by atoms with Crippen LogP contribution in [-0.4, -0.2) is 36.4 Å². The molecule has 0 aliphatic carbocycles. The third-order valence-electron chi connectivity index (χ3n) is 1.88. The number of rotatable bonds is 4. The summed E-state index contributed by atoms with van der Waals surface area (Å²) in [6, 6.07) is 5.68. The number of hydrogen-bond donors (Lipinski definition) is 1. The standard InChI is InChI=1S/C10H15N3O/c1-11-7-10(14)13(2)8-9-5-3-4-6-12-9/h3-6,11H,7-8H2,1-2H3. The maximum absolute atomic E-state index is 11.4. The molecule has 0 fully saturated rings. The number of carbonyl (C=O) groups excluding carboxylic acids is 1. The van der Waals surface area contributed by atoms with Gasteiger partial charge in [0.2, 0.25) is 5.91 Å². The van der Waals surface area contributed by atoms with Crippen molar-refractivity contribution >= 4 is 5.91 Å². The molecule has 1 aromatic rings. The molecule has 1 amide bonds. The fraction of sp³-hybridized carbons (Fsp3) is 0.400. The Labute approximate surface area is 83.9 Å². The van der Waals surface area contributed by atoms with E-state index in [4.69, 9.17) is 0 Å². The van der Waals surface area contributed by atoms with Crippen LogP contribution >= 0.6 is 0 Å². The third kappa shape index (κ3) is 3.14. The van der Waals surface area contributed by atoms with E-state index in [2.05, 4.69) is 10.3 Å². The maximum Gasteiger partial charge on any atom is 0.236 e. The summed E-state index contributed by atoms with van der Waals surface area (Å²) in [5.41, 5.74) is 0.902. The first-order chi connectivity index (χ1) is 6.74. The van der Waals surface area contributed by atoms with Crippen LogP contribution in [0.1, 0.15) is 5.69 Å². The molecule has 0 aromatic carbocycles. The Morgan fingerprint density at radius 1 is 1.57 bits per heavy atom. The minimum Gasteiger partial charge on any atom is -0.339 e. The lowest BCUT2D eigenvalue weighted by Gasteiger charge is -2.16. The lowest BCUT2D eigenvalue weighted by molar-refractivity contribution is -0.129. The van der Waals surface area contributed by atoms with E-state index in [9.17, 15) is 4.79 Å². The van der Waals surface area contributed by atoms with Gasteiger partial charge in [-0.25, -0.2) is 0 Å². The van der Waals surface area contributed by atoms with E-state index in [1.807, 2.05) is 18.2 Å². The Balaban J connectivity index is 2.49. The van der Waals surface area contributed by atoms with Crippen molar-refractivity contribution in [3.05, 3.63) is 30.1 Å². The number of aromatic nitrogens is 1. The zero-order valence-corrected chi connectivity index (χ0v) is 8.53. The van der Waals surface area contributed by atoms with Crippen LogP contribution in [0.3, 0.4) is 0 Å². The second-order valence-corrected chi connectivity index (χ2v) is 3.10. The van der Waals surface area contributed by atoms with Crippen LogP contribution in [-0.2, 0) is 11.3 Å². The summed E-state index contributed by atoms with van der Waals surface area (Å²) in [4.78, 5) is 17.2. The highest BCUT2D eigenvalue weighted by molar-refractivity contribution is 5.77. The smallest absolute Gasteiger partial charge is 0.236 e.